The summed E-state index contributed by atoms with van der Waals surface area (Å²) < 4.78 is 4.92. The lowest BCUT2D eigenvalue weighted by atomic mass is 9.86. The van der Waals surface area contributed by atoms with E-state index in [1.54, 1.807) is 7.11 Å². The maximum absolute atomic E-state index is 12.0. The maximum Gasteiger partial charge on any atom is 0.323 e. The largest absolute Gasteiger partial charge is 0.480 e. The van der Waals surface area contributed by atoms with Gasteiger partial charge in [-0.05, 0) is 18.8 Å². The van der Waals surface area contributed by atoms with Crippen molar-refractivity contribution in [2.45, 2.75) is 51.4 Å². The fourth-order valence-electron chi connectivity index (χ4n) is 2.83. The van der Waals surface area contributed by atoms with Gasteiger partial charge in [0.2, 0.25) is 5.91 Å². The Labute approximate surface area is 121 Å². The first-order valence-electron chi connectivity index (χ1n) is 7.62. The zero-order valence-electron chi connectivity index (χ0n) is 12.5. The number of methoxy groups -OCH3 is 1. The summed E-state index contributed by atoms with van der Waals surface area (Å²) in [6.07, 6.45) is 8.97. The molecule has 0 saturated heterocycles. The molecule has 1 saturated carbocycles. The van der Waals surface area contributed by atoms with Gasteiger partial charge >= 0.3 is 5.97 Å². The van der Waals surface area contributed by atoms with Crippen LogP contribution in [-0.4, -0.2) is 48.7 Å². The number of nitrogens with zero attached hydrogens (tertiary/aromatic N) is 1. The van der Waals surface area contributed by atoms with Crippen molar-refractivity contribution in [2.24, 2.45) is 5.92 Å². The van der Waals surface area contributed by atoms with Gasteiger partial charge in [-0.2, -0.15) is 0 Å². The smallest absolute Gasteiger partial charge is 0.323 e. The first-order chi connectivity index (χ1) is 9.63. The first kappa shape index (κ1) is 17.0. The fourth-order valence-corrected chi connectivity index (χ4v) is 2.83. The molecule has 1 N–H and O–H groups in total. The van der Waals surface area contributed by atoms with Crippen LogP contribution in [0.15, 0.2) is 0 Å². The average molecular weight is 285 g/mol. The van der Waals surface area contributed by atoms with Crippen molar-refractivity contribution in [1.29, 1.82) is 0 Å². The molecule has 1 aliphatic rings. The van der Waals surface area contributed by atoms with E-state index in [-0.39, 0.29) is 12.5 Å². The summed E-state index contributed by atoms with van der Waals surface area (Å²) in [6, 6.07) is 0. The van der Waals surface area contributed by atoms with Gasteiger partial charge in [0.15, 0.2) is 0 Å². The number of carboxylic acid groups (broad SMARTS) is 1. The molecule has 20 heavy (non-hydrogen) atoms. The van der Waals surface area contributed by atoms with Crippen molar-refractivity contribution in [2.75, 3.05) is 26.8 Å². The summed E-state index contributed by atoms with van der Waals surface area (Å²) in [5.74, 6) is -0.273. The average Bonchev–Trinajstić information content (AvgIpc) is 2.44. The lowest BCUT2D eigenvalue weighted by molar-refractivity contribution is -0.145. The van der Waals surface area contributed by atoms with E-state index in [1.165, 1.54) is 37.0 Å². The van der Waals surface area contributed by atoms with Crippen molar-refractivity contribution in [3.8, 4) is 0 Å². The van der Waals surface area contributed by atoms with Crippen molar-refractivity contribution in [3.05, 3.63) is 0 Å². The molecule has 0 aromatic rings. The van der Waals surface area contributed by atoms with Crippen LogP contribution < -0.4 is 0 Å². The Hall–Kier alpha value is -1.10. The molecule has 5 heteroatoms. The molecular formula is C15H27NO4. The lowest BCUT2D eigenvalue weighted by Crippen LogP contribution is -2.37. The molecule has 0 aromatic heterocycles. The highest BCUT2D eigenvalue weighted by atomic mass is 16.5. The van der Waals surface area contributed by atoms with E-state index in [4.69, 9.17) is 9.84 Å². The van der Waals surface area contributed by atoms with E-state index in [2.05, 4.69) is 0 Å². The normalized spacial score (nSPS) is 16.1. The summed E-state index contributed by atoms with van der Waals surface area (Å²) in [7, 11) is 1.55. The van der Waals surface area contributed by atoms with E-state index in [9.17, 15) is 9.59 Å². The second kappa shape index (κ2) is 9.75. The predicted molar refractivity (Wildman–Crippen MR) is 76.5 cm³/mol. The van der Waals surface area contributed by atoms with Crippen LogP contribution in [0.5, 0.6) is 0 Å². The molecule has 0 bridgehead atoms. The summed E-state index contributed by atoms with van der Waals surface area (Å²) in [5, 5.41) is 8.83. The van der Waals surface area contributed by atoms with Crippen LogP contribution in [0.3, 0.4) is 0 Å². The number of carbonyl (C=O) groups is 2. The van der Waals surface area contributed by atoms with Gasteiger partial charge in [0, 0.05) is 20.1 Å². The molecule has 5 nitrogen and oxygen atoms in total. The van der Waals surface area contributed by atoms with Crippen LogP contribution in [0.2, 0.25) is 0 Å². The molecule has 0 heterocycles. The minimum atomic E-state index is -0.971. The van der Waals surface area contributed by atoms with E-state index in [0.29, 0.717) is 19.6 Å². The van der Waals surface area contributed by atoms with Crippen LogP contribution in [0, 0.1) is 5.92 Å². The number of ether oxygens (including phenoxy) is 1. The maximum atomic E-state index is 12.0. The highest BCUT2D eigenvalue weighted by molar-refractivity contribution is 5.81. The quantitative estimate of drug-likeness (QED) is 0.706. The Kier molecular flexibility index (Phi) is 8.26. The van der Waals surface area contributed by atoms with Gasteiger partial charge in [-0.15, -0.1) is 0 Å². The first-order valence-corrected chi connectivity index (χ1v) is 7.62. The predicted octanol–water partition coefficient (Wildman–Crippen LogP) is 2.30. The van der Waals surface area contributed by atoms with Gasteiger partial charge in [0.05, 0.1) is 6.61 Å². The van der Waals surface area contributed by atoms with Crippen molar-refractivity contribution >= 4 is 11.9 Å². The van der Waals surface area contributed by atoms with Crippen LogP contribution >= 0.6 is 0 Å². The topological polar surface area (TPSA) is 66.8 Å². The number of carbonyl (C=O) groups excluding carboxylic acids is 1. The highest BCUT2D eigenvalue weighted by Gasteiger charge is 2.18. The molecule has 0 radical (unpaired) electrons. The van der Waals surface area contributed by atoms with Crippen LogP contribution in [0.4, 0.5) is 0 Å². The molecule has 0 aliphatic heterocycles. The zero-order chi connectivity index (χ0) is 14.8. The van der Waals surface area contributed by atoms with Gasteiger partial charge in [0.1, 0.15) is 6.54 Å². The summed E-state index contributed by atoms with van der Waals surface area (Å²) >= 11 is 0. The Morgan fingerprint density at radius 1 is 1.25 bits per heavy atom. The van der Waals surface area contributed by atoms with Crippen molar-refractivity contribution in [1.82, 2.24) is 4.90 Å². The molecule has 116 valence electrons. The minimum absolute atomic E-state index is 0.0692. The third-order valence-electron chi connectivity index (χ3n) is 3.97. The number of aliphatic carboxylic acids is 1. The third kappa shape index (κ3) is 6.89. The zero-order valence-corrected chi connectivity index (χ0v) is 12.5. The Balaban J connectivity index is 2.26. The van der Waals surface area contributed by atoms with E-state index in [1.807, 2.05) is 0 Å². The van der Waals surface area contributed by atoms with Gasteiger partial charge in [0.25, 0.3) is 0 Å². The Bertz CT molecular complexity index is 300. The van der Waals surface area contributed by atoms with Crippen LogP contribution in [0.25, 0.3) is 0 Å². The molecule has 1 fully saturated rings. The molecule has 0 spiro atoms. The van der Waals surface area contributed by atoms with E-state index < -0.39 is 5.97 Å². The number of amides is 1. The second-order valence-electron chi connectivity index (χ2n) is 5.60. The Morgan fingerprint density at radius 3 is 2.55 bits per heavy atom. The Morgan fingerprint density at radius 2 is 1.95 bits per heavy atom. The van der Waals surface area contributed by atoms with Gasteiger partial charge in [-0.1, -0.05) is 32.1 Å². The second-order valence-corrected chi connectivity index (χ2v) is 5.60. The molecule has 1 aliphatic carbocycles. The number of hydrogen-bond acceptors (Lipinski definition) is 3. The number of carboxylic acids is 1. The van der Waals surface area contributed by atoms with Gasteiger partial charge in [-0.3, -0.25) is 9.59 Å². The molecular weight excluding hydrogens is 258 g/mol. The third-order valence-corrected chi connectivity index (χ3v) is 3.97. The monoisotopic (exact) mass is 285 g/mol. The minimum Gasteiger partial charge on any atom is -0.480 e. The standard InChI is InChI=1S/C15H27NO4/c1-20-11-10-16(12-15(18)19)14(17)9-5-8-13-6-3-2-4-7-13/h13H,2-12H2,1H3,(H,18,19). The summed E-state index contributed by atoms with van der Waals surface area (Å²) in [4.78, 5) is 24.2. The van der Waals surface area contributed by atoms with Crippen molar-refractivity contribution < 1.29 is 19.4 Å². The van der Waals surface area contributed by atoms with Crippen LogP contribution in [-0.2, 0) is 14.3 Å². The molecule has 0 atom stereocenters. The molecule has 0 unspecified atom stereocenters. The molecule has 0 aromatic carbocycles. The molecule has 1 amide bonds. The molecule has 1 rings (SSSR count). The van der Waals surface area contributed by atoms with Crippen molar-refractivity contribution in [3.63, 3.8) is 0 Å². The summed E-state index contributed by atoms with van der Waals surface area (Å²) in [6.45, 7) is 0.498. The van der Waals surface area contributed by atoms with Gasteiger partial charge < -0.3 is 14.7 Å². The van der Waals surface area contributed by atoms with E-state index >= 15 is 0 Å². The summed E-state index contributed by atoms with van der Waals surface area (Å²) in [5.41, 5.74) is 0. The number of rotatable bonds is 9. The van der Waals surface area contributed by atoms with Gasteiger partial charge in [-0.25, -0.2) is 0 Å². The number of hydrogen-bond donors (Lipinski definition) is 1. The SMILES string of the molecule is COCCN(CC(=O)O)C(=O)CCCC1CCCCC1. The highest BCUT2D eigenvalue weighted by Crippen LogP contribution is 2.27. The fraction of sp³-hybridized carbons (Fsp3) is 0.867. The van der Waals surface area contributed by atoms with Crippen LogP contribution in [0.1, 0.15) is 51.4 Å². The van der Waals surface area contributed by atoms with E-state index in [0.717, 1.165) is 18.8 Å². The lowest BCUT2D eigenvalue weighted by Gasteiger charge is -2.23.